The molecule has 2 N–H and O–H groups in total. The summed E-state index contributed by atoms with van der Waals surface area (Å²) in [6.45, 7) is 4.77. The molecule has 0 saturated carbocycles. The fourth-order valence-electron chi connectivity index (χ4n) is 2.05. The van der Waals surface area contributed by atoms with E-state index in [1.807, 2.05) is 13.0 Å². The third-order valence-corrected chi connectivity index (χ3v) is 3.21. The number of aliphatic hydroxyl groups excluding tert-OH is 1. The Balaban J connectivity index is 2.26. The average molecular weight is 265 g/mol. The highest BCUT2D eigenvalue weighted by molar-refractivity contribution is 5.90. The van der Waals surface area contributed by atoms with E-state index in [1.54, 1.807) is 12.1 Å². The second-order valence-electron chi connectivity index (χ2n) is 4.92. The Hall–Kier alpha value is -1.51. The third-order valence-electron chi connectivity index (χ3n) is 3.21. The number of hydrogen-bond acceptors (Lipinski definition) is 1. The summed E-state index contributed by atoms with van der Waals surface area (Å²) in [5, 5.41) is 9.04. The van der Waals surface area contributed by atoms with Gasteiger partial charge in [-0.05, 0) is 37.1 Å². The van der Waals surface area contributed by atoms with E-state index < -0.39 is 5.97 Å². The highest BCUT2D eigenvalue weighted by Gasteiger charge is 2.13. The molecule has 106 valence electrons. The molecule has 0 amide bonds. The van der Waals surface area contributed by atoms with Crippen molar-refractivity contribution in [2.45, 2.75) is 52.4 Å². The first-order valence-electron chi connectivity index (χ1n) is 7.14. The lowest BCUT2D eigenvalue weighted by Crippen LogP contribution is -2.03. The minimum Gasteiger partial charge on any atom is -0.494 e. The number of carboxylic acid groups (broad SMARTS) is 1. The smallest absolute Gasteiger partial charge is 0.494 e. The molecule has 0 spiro atoms. The lowest BCUT2D eigenvalue weighted by atomic mass is 10.1. The number of rotatable bonds is 9. The van der Waals surface area contributed by atoms with Gasteiger partial charge in [-0.25, -0.2) is 0 Å². The van der Waals surface area contributed by atoms with Crippen molar-refractivity contribution in [3.8, 4) is 5.75 Å². The summed E-state index contributed by atoms with van der Waals surface area (Å²) in [6.07, 6.45) is 7.47. The zero-order chi connectivity index (χ0) is 14.1. The zero-order valence-corrected chi connectivity index (χ0v) is 12.0. The van der Waals surface area contributed by atoms with Crippen LogP contribution in [0, 0.1) is 6.92 Å². The van der Waals surface area contributed by atoms with Crippen LogP contribution in [0.1, 0.15) is 56.6 Å². The van der Waals surface area contributed by atoms with Gasteiger partial charge < -0.3 is 14.6 Å². The van der Waals surface area contributed by atoms with Crippen LogP contribution in [0.5, 0.6) is 5.75 Å². The van der Waals surface area contributed by atoms with Crippen molar-refractivity contribution in [2.24, 2.45) is 0 Å². The van der Waals surface area contributed by atoms with Crippen molar-refractivity contribution < 1.29 is 14.6 Å². The average Bonchev–Trinajstić information content (AvgIpc) is 2.37. The second-order valence-corrected chi connectivity index (χ2v) is 4.92. The van der Waals surface area contributed by atoms with Gasteiger partial charge in [-0.3, -0.25) is 0 Å². The molecule has 0 unspecified atom stereocenters. The van der Waals surface area contributed by atoms with Crippen LogP contribution >= 0.6 is 0 Å². The molecule has 3 nitrogen and oxygen atoms in total. The monoisotopic (exact) mass is 265 g/mol. The summed E-state index contributed by atoms with van der Waals surface area (Å²) in [4.78, 5) is 9.04. The molecule has 0 aliphatic heterocycles. The van der Waals surface area contributed by atoms with Gasteiger partial charge in [0.1, 0.15) is 11.3 Å². The molecule has 1 rings (SSSR count). The predicted molar refractivity (Wildman–Crippen MR) is 78.7 cm³/mol. The van der Waals surface area contributed by atoms with Gasteiger partial charge in [-0.15, -0.1) is 0 Å². The molecule has 0 aliphatic rings. The quantitative estimate of drug-likeness (QED) is 0.539. The molecule has 0 aromatic heterocycles. The molecule has 3 heteroatoms. The summed E-state index contributed by atoms with van der Waals surface area (Å²) >= 11 is 0. The molecule has 19 heavy (non-hydrogen) atoms. The minimum absolute atomic E-state index is 0.451. The Morgan fingerprint density at radius 2 is 1.84 bits per heavy atom. The first kappa shape index (κ1) is 15.5. The fourth-order valence-corrected chi connectivity index (χ4v) is 2.05. The second kappa shape index (κ2) is 8.57. The van der Waals surface area contributed by atoms with Crippen molar-refractivity contribution >= 4 is 5.97 Å². The minimum atomic E-state index is -0.639. The van der Waals surface area contributed by atoms with Crippen LogP contribution in [0.3, 0.4) is 0 Å². The molecule has 0 aliphatic carbocycles. The Morgan fingerprint density at radius 1 is 1.16 bits per heavy atom. The number of hydrogen-bond donors (Lipinski definition) is 1. The first-order chi connectivity index (χ1) is 9.15. The highest BCUT2D eigenvalue weighted by Crippen LogP contribution is 2.17. The van der Waals surface area contributed by atoms with Gasteiger partial charge in [0.15, 0.2) is 0 Å². The van der Waals surface area contributed by atoms with E-state index in [0.717, 1.165) is 24.3 Å². The van der Waals surface area contributed by atoms with Crippen molar-refractivity contribution in [2.75, 3.05) is 6.61 Å². The number of unbranched alkanes of at least 4 members (excludes halogenated alkanes) is 5. The lowest BCUT2D eigenvalue weighted by Gasteiger charge is -2.07. The van der Waals surface area contributed by atoms with Crippen LogP contribution in [-0.4, -0.2) is 22.5 Å². The number of aromatic carboxylic acids is 1. The van der Waals surface area contributed by atoms with Crippen LogP contribution in [0.15, 0.2) is 18.2 Å². The van der Waals surface area contributed by atoms with E-state index in [2.05, 4.69) is 6.92 Å². The molecule has 1 aromatic carbocycles. The lowest BCUT2D eigenvalue weighted by molar-refractivity contribution is 0.304. The van der Waals surface area contributed by atoms with E-state index in [0.29, 0.717) is 5.56 Å². The van der Waals surface area contributed by atoms with Gasteiger partial charge in [0.2, 0.25) is 0 Å². The van der Waals surface area contributed by atoms with Crippen molar-refractivity contribution in [1.82, 2.24) is 0 Å². The van der Waals surface area contributed by atoms with Gasteiger partial charge in [0.25, 0.3) is 0 Å². The summed E-state index contributed by atoms with van der Waals surface area (Å²) in [5.74, 6) is 0.149. The Bertz CT molecular complexity index is 399. The first-order valence-corrected chi connectivity index (χ1v) is 7.14. The molecule has 0 fully saturated rings. The molecular formula is C16H25O3+. The summed E-state index contributed by atoms with van der Waals surface area (Å²) in [7, 11) is 0. The van der Waals surface area contributed by atoms with E-state index in [1.165, 1.54) is 32.1 Å². The third kappa shape index (κ3) is 5.77. The van der Waals surface area contributed by atoms with E-state index >= 15 is 0 Å². The number of benzene rings is 1. The molecule has 0 atom stereocenters. The summed E-state index contributed by atoms with van der Waals surface area (Å²) in [6, 6.07) is 5.27. The van der Waals surface area contributed by atoms with Crippen molar-refractivity contribution in [1.29, 1.82) is 0 Å². The van der Waals surface area contributed by atoms with Gasteiger partial charge >= 0.3 is 5.97 Å². The predicted octanol–water partition coefficient (Wildman–Crippen LogP) is 4.14. The van der Waals surface area contributed by atoms with Gasteiger partial charge in [-0.1, -0.05) is 39.0 Å². The van der Waals surface area contributed by atoms with E-state index in [9.17, 15) is 0 Å². The van der Waals surface area contributed by atoms with E-state index in [4.69, 9.17) is 14.6 Å². The molecule has 0 radical (unpaired) electrons. The maximum atomic E-state index is 9.04. The van der Waals surface area contributed by atoms with Crippen LogP contribution < -0.4 is 4.74 Å². The number of aryl methyl sites for hydroxylation is 1. The maximum Gasteiger partial charge on any atom is 0.515 e. The Morgan fingerprint density at radius 3 is 2.47 bits per heavy atom. The van der Waals surface area contributed by atoms with Crippen LogP contribution in [-0.2, 0) is 0 Å². The van der Waals surface area contributed by atoms with Crippen LogP contribution in [0.2, 0.25) is 0 Å². The molecule has 0 bridgehead atoms. The van der Waals surface area contributed by atoms with Crippen LogP contribution in [0.4, 0.5) is 0 Å². The fraction of sp³-hybridized carbons (Fsp3) is 0.562. The van der Waals surface area contributed by atoms with Crippen molar-refractivity contribution in [3.63, 3.8) is 0 Å². The summed E-state index contributed by atoms with van der Waals surface area (Å²) in [5.41, 5.74) is 1.26. The van der Waals surface area contributed by atoms with Gasteiger partial charge in [-0.2, -0.15) is 0 Å². The normalized spacial score (nSPS) is 10.4. The molecular weight excluding hydrogens is 240 g/mol. The molecule has 0 saturated heterocycles. The van der Waals surface area contributed by atoms with Crippen molar-refractivity contribution in [3.05, 3.63) is 29.3 Å². The molecule has 1 aromatic rings. The summed E-state index contributed by atoms with van der Waals surface area (Å²) < 4.78 is 5.66. The standard InChI is InChI=1S/C16H24O3/c1-3-4-5-6-7-8-11-19-14-9-10-15(16(17)18)13(2)12-14/h9-10,12H,3-8,11H2,1-2H3,(H,17,18)/p+1. The topological polar surface area (TPSA) is 50.9 Å². The highest BCUT2D eigenvalue weighted by atomic mass is 16.5. The number of carboxylic acids is 1. The largest absolute Gasteiger partial charge is 0.515 e. The molecule has 0 heterocycles. The Kier molecular flexibility index (Phi) is 7.01. The Labute approximate surface area is 115 Å². The zero-order valence-electron chi connectivity index (χ0n) is 12.0. The van der Waals surface area contributed by atoms with Gasteiger partial charge in [0, 0.05) is 0 Å². The van der Waals surface area contributed by atoms with E-state index in [-0.39, 0.29) is 0 Å². The SMILES string of the molecule is CCCCCCCCOc1ccc(C(O)=[OH+])c(C)c1. The van der Waals surface area contributed by atoms with Gasteiger partial charge in [0.05, 0.1) is 6.61 Å². The van der Waals surface area contributed by atoms with Crippen LogP contribution in [0.25, 0.3) is 0 Å². The maximum absolute atomic E-state index is 9.04. The number of ether oxygens (including phenoxy) is 1.